The molecule has 0 rings (SSSR count). The summed E-state index contributed by atoms with van der Waals surface area (Å²) in [4.78, 5) is 21.8. The molecule has 2 unspecified atom stereocenters. The first-order valence-electron chi connectivity index (χ1n) is 15.2. The minimum absolute atomic E-state index is 0.115. The van der Waals surface area contributed by atoms with Crippen molar-refractivity contribution < 1.29 is 32.7 Å². The van der Waals surface area contributed by atoms with E-state index in [1.165, 1.54) is 96.3 Å². The molecule has 0 aliphatic heterocycles. The lowest BCUT2D eigenvalue weighted by Crippen LogP contribution is -2.37. The van der Waals surface area contributed by atoms with Crippen molar-refractivity contribution in [2.24, 2.45) is 0 Å². The standard InChI is InChI=1S/C29H61NO6P/c1-6-8-9-10-11-12-13-14-15-16-17-18-19-20-21-22-23-24-28(36-29(31)33-7-2)27-35-37(32)34-26-25-30(3,4)5/h28,32H,6-27H2,1-5H3/q+1. The van der Waals surface area contributed by atoms with E-state index in [0.29, 0.717) is 13.0 Å². The van der Waals surface area contributed by atoms with Gasteiger partial charge in [0.25, 0.3) is 0 Å². The Kier molecular flexibility index (Phi) is 25.5. The molecule has 222 valence electrons. The van der Waals surface area contributed by atoms with Crippen molar-refractivity contribution in [2.75, 3.05) is 47.5 Å². The molecule has 0 aromatic heterocycles. The van der Waals surface area contributed by atoms with Gasteiger partial charge in [0.2, 0.25) is 0 Å². The Morgan fingerprint density at radius 3 is 1.62 bits per heavy atom. The van der Waals surface area contributed by atoms with Crippen molar-refractivity contribution in [3.8, 4) is 0 Å². The van der Waals surface area contributed by atoms with Crippen LogP contribution in [-0.4, -0.2) is 69.1 Å². The molecule has 0 amide bonds. The Hall–Kier alpha value is -0.460. The highest BCUT2D eigenvalue weighted by atomic mass is 31.2. The molecule has 8 heteroatoms. The number of nitrogens with zero attached hydrogens (tertiary/aromatic N) is 1. The molecular formula is C29H61NO6P+. The van der Waals surface area contributed by atoms with Gasteiger partial charge in [-0.25, -0.2) is 4.79 Å². The van der Waals surface area contributed by atoms with Crippen LogP contribution in [0.15, 0.2) is 0 Å². The van der Waals surface area contributed by atoms with Gasteiger partial charge in [0.15, 0.2) is 0 Å². The number of carbonyl (C=O) groups is 1. The third-order valence-electron chi connectivity index (χ3n) is 6.49. The monoisotopic (exact) mass is 550 g/mol. The second kappa shape index (κ2) is 25.8. The van der Waals surface area contributed by atoms with Crippen molar-refractivity contribution in [1.82, 2.24) is 0 Å². The van der Waals surface area contributed by atoms with Gasteiger partial charge in [-0.2, -0.15) is 0 Å². The number of rotatable bonds is 27. The average Bonchev–Trinajstić information content (AvgIpc) is 2.83. The van der Waals surface area contributed by atoms with E-state index in [-0.39, 0.29) is 13.2 Å². The van der Waals surface area contributed by atoms with Gasteiger partial charge >= 0.3 is 14.8 Å². The van der Waals surface area contributed by atoms with Crippen LogP contribution in [0, 0.1) is 0 Å². The van der Waals surface area contributed by atoms with Gasteiger partial charge in [-0.3, -0.25) is 0 Å². The van der Waals surface area contributed by atoms with E-state index >= 15 is 0 Å². The number of quaternary nitrogens is 1. The van der Waals surface area contributed by atoms with Gasteiger partial charge in [-0.15, -0.1) is 0 Å². The number of hydrogen-bond donors (Lipinski definition) is 1. The van der Waals surface area contributed by atoms with Crippen LogP contribution in [0.3, 0.4) is 0 Å². The van der Waals surface area contributed by atoms with Gasteiger partial charge in [0, 0.05) is 0 Å². The molecule has 0 bridgehead atoms. The van der Waals surface area contributed by atoms with E-state index < -0.39 is 20.9 Å². The van der Waals surface area contributed by atoms with Crippen LogP contribution >= 0.6 is 8.60 Å². The highest BCUT2D eigenvalue weighted by Crippen LogP contribution is 2.33. The van der Waals surface area contributed by atoms with Gasteiger partial charge in [-0.1, -0.05) is 110 Å². The minimum atomic E-state index is -1.98. The normalized spacial score (nSPS) is 13.5. The summed E-state index contributed by atoms with van der Waals surface area (Å²) >= 11 is 0. The van der Waals surface area contributed by atoms with Crippen molar-refractivity contribution in [3.63, 3.8) is 0 Å². The molecule has 37 heavy (non-hydrogen) atoms. The van der Waals surface area contributed by atoms with E-state index in [1.807, 2.05) is 0 Å². The number of unbranched alkanes of at least 4 members (excludes halogenated alkanes) is 16. The number of carbonyl (C=O) groups excluding carboxylic acids is 1. The van der Waals surface area contributed by atoms with Crippen molar-refractivity contribution in [2.45, 2.75) is 136 Å². The van der Waals surface area contributed by atoms with Crippen LogP contribution in [0.5, 0.6) is 0 Å². The second-order valence-corrected chi connectivity index (χ2v) is 12.2. The van der Waals surface area contributed by atoms with Crippen LogP contribution < -0.4 is 0 Å². The SMILES string of the molecule is CCCCCCCCCCCCCCCCCCCC(COP(O)OCC[N+](C)(C)C)OC(=O)OCC. The fourth-order valence-corrected chi connectivity index (χ4v) is 4.74. The van der Waals surface area contributed by atoms with Crippen LogP contribution in [0.25, 0.3) is 0 Å². The fraction of sp³-hybridized carbons (Fsp3) is 0.966. The van der Waals surface area contributed by atoms with Gasteiger partial charge < -0.3 is 27.9 Å². The average molecular weight is 551 g/mol. The summed E-state index contributed by atoms with van der Waals surface area (Å²) in [5, 5.41) is 0. The first-order valence-corrected chi connectivity index (χ1v) is 16.3. The largest absolute Gasteiger partial charge is 0.508 e. The predicted molar refractivity (Wildman–Crippen MR) is 155 cm³/mol. The van der Waals surface area contributed by atoms with Crippen LogP contribution in [0.1, 0.15) is 129 Å². The molecule has 0 radical (unpaired) electrons. The number of ether oxygens (including phenoxy) is 2. The third kappa shape index (κ3) is 28.4. The molecule has 1 N–H and O–H groups in total. The molecular weight excluding hydrogens is 489 g/mol. The molecule has 0 heterocycles. The summed E-state index contributed by atoms with van der Waals surface area (Å²) in [7, 11) is 4.20. The lowest BCUT2D eigenvalue weighted by molar-refractivity contribution is -0.870. The summed E-state index contributed by atoms with van der Waals surface area (Å²) in [6.07, 6.45) is 22.2. The van der Waals surface area contributed by atoms with Gasteiger partial charge in [0.1, 0.15) is 19.3 Å². The summed E-state index contributed by atoms with van der Waals surface area (Å²) in [6, 6.07) is 0. The lowest BCUT2D eigenvalue weighted by atomic mass is 10.0. The Labute approximate surface area is 230 Å². The zero-order chi connectivity index (χ0) is 27.6. The van der Waals surface area contributed by atoms with Crippen LogP contribution in [-0.2, 0) is 18.5 Å². The number of hydrogen-bond acceptors (Lipinski definition) is 6. The Morgan fingerprint density at radius 1 is 0.730 bits per heavy atom. The first kappa shape index (κ1) is 36.5. The summed E-state index contributed by atoms with van der Waals surface area (Å²) < 4.78 is 21.9. The smallest absolute Gasteiger partial charge is 0.435 e. The predicted octanol–water partition coefficient (Wildman–Crippen LogP) is 8.53. The Bertz CT molecular complexity index is 503. The zero-order valence-electron chi connectivity index (χ0n) is 25.0. The first-order chi connectivity index (χ1) is 17.8. The van der Waals surface area contributed by atoms with E-state index in [1.54, 1.807) is 6.92 Å². The van der Waals surface area contributed by atoms with E-state index in [2.05, 4.69) is 28.1 Å². The quantitative estimate of drug-likeness (QED) is 0.0478. The lowest BCUT2D eigenvalue weighted by Gasteiger charge is -2.24. The molecule has 0 fully saturated rings. The highest BCUT2D eigenvalue weighted by Gasteiger charge is 2.19. The van der Waals surface area contributed by atoms with E-state index in [4.69, 9.17) is 18.5 Å². The molecule has 0 aromatic rings. The summed E-state index contributed by atoms with van der Waals surface area (Å²) in [6.45, 7) is 5.59. The van der Waals surface area contributed by atoms with Gasteiger partial charge in [-0.05, 0) is 19.8 Å². The summed E-state index contributed by atoms with van der Waals surface area (Å²) in [5.74, 6) is 0. The molecule has 0 spiro atoms. The maximum atomic E-state index is 11.8. The van der Waals surface area contributed by atoms with Crippen molar-refractivity contribution in [1.29, 1.82) is 0 Å². The van der Waals surface area contributed by atoms with Gasteiger partial charge in [0.05, 0.1) is 34.4 Å². The second-order valence-electron chi connectivity index (χ2n) is 11.2. The molecule has 2 atom stereocenters. The van der Waals surface area contributed by atoms with Crippen molar-refractivity contribution >= 4 is 14.8 Å². The maximum Gasteiger partial charge on any atom is 0.508 e. The number of likely N-dealkylation sites (N-methyl/N-ethyl adjacent to an activating group) is 1. The van der Waals surface area contributed by atoms with Crippen molar-refractivity contribution in [3.05, 3.63) is 0 Å². The molecule has 0 aliphatic rings. The molecule has 7 nitrogen and oxygen atoms in total. The maximum absolute atomic E-state index is 11.8. The third-order valence-corrected chi connectivity index (χ3v) is 7.26. The Morgan fingerprint density at radius 2 is 1.19 bits per heavy atom. The molecule has 0 saturated carbocycles. The zero-order valence-corrected chi connectivity index (χ0v) is 25.9. The summed E-state index contributed by atoms with van der Waals surface area (Å²) in [5.41, 5.74) is 0. The van der Waals surface area contributed by atoms with E-state index in [0.717, 1.165) is 23.9 Å². The topological polar surface area (TPSA) is 74.2 Å². The molecule has 0 saturated heterocycles. The van der Waals surface area contributed by atoms with Crippen LogP contribution in [0.4, 0.5) is 4.79 Å². The minimum Gasteiger partial charge on any atom is -0.435 e. The Balaban J connectivity index is 3.79. The highest BCUT2D eigenvalue weighted by molar-refractivity contribution is 7.40. The van der Waals surface area contributed by atoms with Crippen LogP contribution in [0.2, 0.25) is 0 Å². The fourth-order valence-electron chi connectivity index (χ4n) is 4.14. The van der Waals surface area contributed by atoms with E-state index in [9.17, 15) is 9.69 Å². The molecule has 0 aliphatic carbocycles. The molecule has 0 aromatic carbocycles.